The summed E-state index contributed by atoms with van der Waals surface area (Å²) in [5.74, 6) is -1.60. The summed E-state index contributed by atoms with van der Waals surface area (Å²) in [6.07, 6.45) is 2.16. The molecule has 1 aromatic heterocycles. The Morgan fingerprint density at radius 2 is 1.71 bits per heavy atom. The molecule has 0 saturated heterocycles. The van der Waals surface area contributed by atoms with Crippen molar-refractivity contribution >= 4 is 22.8 Å². The number of benzene rings is 2. The highest BCUT2D eigenvalue weighted by Crippen LogP contribution is 2.25. The van der Waals surface area contributed by atoms with Gasteiger partial charge in [-0.15, -0.1) is 5.10 Å². The highest BCUT2D eigenvalue weighted by molar-refractivity contribution is 5.85. The van der Waals surface area contributed by atoms with Crippen LogP contribution in [-0.2, 0) is 16.1 Å². The molecule has 6 N–H and O–H groups in total. The van der Waals surface area contributed by atoms with Gasteiger partial charge in [-0.2, -0.15) is 0 Å². The SMILES string of the molecule is NCCCC[C@H](N)C(=O)O.O=C(O)COc1nn(Cc2ccccc2)c2ccccc12. The van der Waals surface area contributed by atoms with Crippen LogP contribution < -0.4 is 16.2 Å². The van der Waals surface area contributed by atoms with Gasteiger partial charge < -0.3 is 26.4 Å². The summed E-state index contributed by atoms with van der Waals surface area (Å²) in [5.41, 5.74) is 12.5. The van der Waals surface area contributed by atoms with Crippen molar-refractivity contribution in [1.29, 1.82) is 0 Å². The molecular formula is C22H28N4O5. The second kappa shape index (κ2) is 12.3. The first-order chi connectivity index (χ1) is 14.9. The topological polar surface area (TPSA) is 154 Å². The number of hydrogen-bond donors (Lipinski definition) is 4. The van der Waals surface area contributed by atoms with E-state index in [1.807, 2.05) is 59.3 Å². The lowest BCUT2D eigenvalue weighted by Gasteiger charge is -2.03. The van der Waals surface area contributed by atoms with Crippen molar-refractivity contribution in [2.75, 3.05) is 13.2 Å². The summed E-state index contributed by atoms with van der Waals surface area (Å²) in [4.78, 5) is 20.8. The van der Waals surface area contributed by atoms with E-state index < -0.39 is 24.6 Å². The third kappa shape index (κ3) is 7.72. The van der Waals surface area contributed by atoms with Gasteiger partial charge in [0.2, 0.25) is 5.88 Å². The maximum Gasteiger partial charge on any atom is 0.341 e. The number of ether oxygens (including phenoxy) is 1. The molecule has 31 heavy (non-hydrogen) atoms. The molecule has 9 nitrogen and oxygen atoms in total. The maximum atomic E-state index is 10.6. The molecular weight excluding hydrogens is 400 g/mol. The van der Waals surface area contributed by atoms with Gasteiger partial charge in [0.15, 0.2) is 6.61 Å². The van der Waals surface area contributed by atoms with Crippen molar-refractivity contribution in [3.8, 4) is 5.88 Å². The first kappa shape index (κ1) is 23.8. The van der Waals surface area contributed by atoms with Crippen LogP contribution in [0.4, 0.5) is 0 Å². The largest absolute Gasteiger partial charge is 0.480 e. The zero-order valence-corrected chi connectivity index (χ0v) is 17.2. The number of carboxylic acid groups (broad SMARTS) is 2. The molecule has 0 amide bonds. The van der Waals surface area contributed by atoms with Crippen molar-refractivity contribution in [3.05, 3.63) is 60.2 Å². The predicted molar refractivity (Wildman–Crippen MR) is 117 cm³/mol. The van der Waals surface area contributed by atoms with Gasteiger partial charge in [-0.05, 0) is 37.1 Å². The molecule has 3 rings (SSSR count). The fraction of sp³-hybridized carbons (Fsp3) is 0.318. The monoisotopic (exact) mass is 428 g/mol. The summed E-state index contributed by atoms with van der Waals surface area (Å²) < 4.78 is 7.09. The number of hydrogen-bond acceptors (Lipinski definition) is 6. The van der Waals surface area contributed by atoms with Crippen LogP contribution in [0.1, 0.15) is 24.8 Å². The molecule has 2 aromatic carbocycles. The number of carbonyl (C=O) groups is 2. The van der Waals surface area contributed by atoms with Crippen LogP contribution in [0, 0.1) is 0 Å². The van der Waals surface area contributed by atoms with Gasteiger partial charge in [0.1, 0.15) is 6.04 Å². The molecule has 0 fully saturated rings. The fourth-order valence-electron chi connectivity index (χ4n) is 2.84. The second-order valence-electron chi connectivity index (χ2n) is 6.88. The molecule has 0 unspecified atom stereocenters. The Kier molecular flexibility index (Phi) is 9.47. The average Bonchev–Trinajstić information content (AvgIpc) is 3.11. The minimum atomic E-state index is -1.02. The number of aromatic nitrogens is 2. The van der Waals surface area contributed by atoms with Crippen molar-refractivity contribution in [2.45, 2.75) is 31.8 Å². The Hall–Kier alpha value is -3.43. The summed E-state index contributed by atoms with van der Waals surface area (Å²) in [5, 5.41) is 22.3. The summed E-state index contributed by atoms with van der Waals surface area (Å²) in [6, 6.07) is 16.9. The van der Waals surface area contributed by atoms with E-state index in [4.69, 9.17) is 26.4 Å². The highest BCUT2D eigenvalue weighted by Gasteiger charge is 2.12. The van der Waals surface area contributed by atoms with E-state index in [1.54, 1.807) is 0 Å². The maximum absolute atomic E-state index is 10.6. The Bertz CT molecular complexity index is 974. The van der Waals surface area contributed by atoms with E-state index in [0.29, 0.717) is 25.4 Å². The van der Waals surface area contributed by atoms with Crippen molar-refractivity contribution in [3.63, 3.8) is 0 Å². The molecule has 0 aliphatic heterocycles. The van der Waals surface area contributed by atoms with Gasteiger partial charge >= 0.3 is 11.9 Å². The quantitative estimate of drug-likeness (QED) is 0.358. The number of para-hydroxylation sites is 1. The van der Waals surface area contributed by atoms with Gasteiger partial charge in [0, 0.05) is 0 Å². The number of nitrogens with zero attached hydrogens (tertiary/aromatic N) is 2. The van der Waals surface area contributed by atoms with E-state index in [9.17, 15) is 9.59 Å². The molecule has 0 spiro atoms. The van der Waals surface area contributed by atoms with Gasteiger partial charge in [0.25, 0.3) is 0 Å². The molecule has 3 aromatic rings. The molecule has 1 atom stereocenters. The van der Waals surface area contributed by atoms with Crippen LogP contribution in [0.5, 0.6) is 5.88 Å². The lowest BCUT2D eigenvalue weighted by atomic mass is 10.1. The summed E-state index contributed by atoms with van der Waals surface area (Å²) in [6.45, 7) is 0.816. The zero-order chi connectivity index (χ0) is 22.6. The molecule has 1 heterocycles. The number of nitrogens with two attached hydrogens (primary N) is 2. The standard InChI is InChI=1S/C16H14N2O3.C6H14N2O2/c19-15(20)11-21-16-13-8-4-5-9-14(13)18(17-16)10-12-6-2-1-3-7-12;7-4-2-1-3-5(8)6(9)10/h1-9H,10-11H2,(H,19,20);5H,1-4,7-8H2,(H,9,10)/t;5-/m.0/s1. The minimum Gasteiger partial charge on any atom is -0.480 e. The smallest absolute Gasteiger partial charge is 0.341 e. The number of carboxylic acids is 2. The second-order valence-corrected chi connectivity index (χ2v) is 6.88. The van der Waals surface area contributed by atoms with E-state index in [2.05, 4.69) is 5.10 Å². The number of rotatable bonds is 10. The number of fused-ring (bicyclic) bond motifs is 1. The summed E-state index contributed by atoms with van der Waals surface area (Å²) in [7, 11) is 0. The van der Waals surface area contributed by atoms with E-state index in [-0.39, 0.29) is 0 Å². The fourth-order valence-corrected chi connectivity index (χ4v) is 2.84. The van der Waals surface area contributed by atoms with E-state index >= 15 is 0 Å². The Morgan fingerprint density at radius 1 is 1.03 bits per heavy atom. The molecule has 0 bridgehead atoms. The van der Waals surface area contributed by atoms with Crippen LogP contribution in [0.25, 0.3) is 10.9 Å². The predicted octanol–water partition coefficient (Wildman–Crippen LogP) is 2.08. The van der Waals surface area contributed by atoms with E-state index in [1.165, 1.54) is 0 Å². The molecule has 0 radical (unpaired) electrons. The van der Waals surface area contributed by atoms with Crippen LogP contribution in [0.2, 0.25) is 0 Å². The van der Waals surface area contributed by atoms with Crippen LogP contribution in [0.15, 0.2) is 54.6 Å². The molecule has 166 valence electrons. The lowest BCUT2D eigenvalue weighted by Crippen LogP contribution is -2.29. The third-order valence-electron chi connectivity index (χ3n) is 4.42. The van der Waals surface area contributed by atoms with Crippen LogP contribution in [0.3, 0.4) is 0 Å². The van der Waals surface area contributed by atoms with E-state index in [0.717, 1.165) is 29.3 Å². The average molecular weight is 428 g/mol. The van der Waals surface area contributed by atoms with Crippen LogP contribution >= 0.6 is 0 Å². The first-order valence-corrected chi connectivity index (χ1v) is 9.95. The van der Waals surface area contributed by atoms with Crippen LogP contribution in [-0.4, -0.2) is 51.1 Å². The number of unbranched alkanes of at least 4 members (excludes halogenated alkanes) is 1. The van der Waals surface area contributed by atoms with Crippen molar-refractivity contribution in [1.82, 2.24) is 9.78 Å². The Morgan fingerprint density at radius 3 is 2.35 bits per heavy atom. The minimum absolute atomic E-state index is 0.351. The zero-order valence-electron chi connectivity index (χ0n) is 17.2. The molecule has 9 heteroatoms. The van der Waals surface area contributed by atoms with Crippen molar-refractivity contribution < 1.29 is 24.5 Å². The lowest BCUT2D eigenvalue weighted by molar-refractivity contribution is -0.140. The van der Waals surface area contributed by atoms with Crippen molar-refractivity contribution in [2.24, 2.45) is 11.5 Å². The van der Waals surface area contributed by atoms with Gasteiger partial charge in [-0.1, -0.05) is 48.9 Å². The summed E-state index contributed by atoms with van der Waals surface area (Å²) >= 11 is 0. The van der Waals surface area contributed by atoms with Gasteiger partial charge in [-0.25, -0.2) is 4.79 Å². The Balaban J connectivity index is 0.000000291. The highest BCUT2D eigenvalue weighted by atomic mass is 16.5. The van der Waals surface area contributed by atoms with Gasteiger partial charge in [0.05, 0.1) is 17.4 Å². The molecule has 0 saturated carbocycles. The molecule has 0 aliphatic carbocycles. The van der Waals surface area contributed by atoms with Gasteiger partial charge in [-0.3, -0.25) is 9.48 Å². The third-order valence-corrected chi connectivity index (χ3v) is 4.42. The first-order valence-electron chi connectivity index (χ1n) is 9.95. The normalized spacial score (nSPS) is 11.4. The Labute approximate surface area is 180 Å². The molecule has 0 aliphatic rings. The number of aliphatic carboxylic acids is 2.